The number of ether oxygens (including phenoxy) is 1. The second kappa shape index (κ2) is 3.47. The van der Waals surface area contributed by atoms with Crippen molar-refractivity contribution in [3.05, 3.63) is 23.3 Å². The maximum Gasteiger partial charge on any atom is 0.336 e. The fraction of sp³-hybridized carbons (Fsp3) is 0.667. The summed E-state index contributed by atoms with van der Waals surface area (Å²) in [6.07, 6.45) is 4.50. The van der Waals surface area contributed by atoms with Crippen molar-refractivity contribution in [2.75, 3.05) is 0 Å². The van der Waals surface area contributed by atoms with Gasteiger partial charge in [0.1, 0.15) is 0 Å². The Kier molecular flexibility index (Phi) is 2.31. The second-order valence-electron chi connectivity index (χ2n) is 6.38. The van der Waals surface area contributed by atoms with E-state index in [1.165, 1.54) is 5.57 Å². The van der Waals surface area contributed by atoms with E-state index in [0.29, 0.717) is 17.9 Å². The lowest BCUT2D eigenvalue weighted by Gasteiger charge is -2.50. The molecule has 0 aromatic heterocycles. The number of esters is 1. The quantitative estimate of drug-likeness (QED) is 0.529. The molecular weight excluding hydrogens is 228 g/mol. The predicted octanol–water partition coefficient (Wildman–Crippen LogP) is 2.70. The third-order valence-corrected chi connectivity index (χ3v) is 5.12. The van der Waals surface area contributed by atoms with Gasteiger partial charge in [-0.25, -0.2) is 4.79 Å². The fourth-order valence-corrected chi connectivity index (χ4v) is 4.08. The Morgan fingerprint density at radius 2 is 2.22 bits per heavy atom. The lowest BCUT2D eigenvalue weighted by Crippen LogP contribution is -2.48. The van der Waals surface area contributed by atoms with Crippen molar-refractivity contribution in [2.45, 2.75) is 51.7 Å². The largest absolute Gasteiger partial charge is 0.426 e. The van der Waals surface area contributed by atoms with Crippen LogP contribution in [0.3, 0.4) is 0 Å². The molecule has 3 aliphatic rings. The Balaban J connectivity index is 2.04. The number of aliphatic hydroxyl groups is 1. The molecule has 0 saturated heterocycles. The van der Waals surface area contributed by atoms with E-state index >= 15 is 0 Å². The van der Waals surface area contributed by atoms with Gasteiger partial charge < -0.3 is 9.84 Å². The van der Waals surface area contributed by atoms with Crippen LogP contribution in [0.25, 0.3) is 0 Å². The molecular formula is C15H20O3. The van der Waals surface area contributed by atoms with Crippen LogP contribution >= 0.6 is 0 Å². The molecule has 3 rings (SSSR count). The molecule has 0 amide bonds. The lowest BCUT2D eigenvalue weighted by molar-refractivity contribution is -0.203. The van der Waals surface area contributed by atoms with Crippen LogP contribution in [0, 0.1) is 11.3 Å². The molecule has 1 heterocycles. The van der Waals surface area contributed by atoms with Gasteiger partial charge in [-0.3, -0.25) is 0 Å². The summed E-state index contributed by atoms with van der Waals surface area (Å²) in [5.41, 5.74) is 2.67. The summed E-state index contributed by atoms with van der Waals surface area (Å²) in [5.74, 6) is -1.32. The molecule has 0 aromatic rings. The first-order valence-electron chi connectivity index (χ1n) is 6.69. The fourth-order valence-electron chi connectivity index (χ4n) is 4.08. The Bertz CT molecular complexity index is 476. The maximum atomic E-state index is 11.7. The highest BCUT2D eigenvalue weighted by molar-refractivity contribution is 5.92. The van der Waals surface area contributed by atoms with E-state index in [2.05, 4.69) is 13.5 Å². The molecule has 1 aliphatic heterocycles. The molecule has 2 fully saturated rings. The topological polar surface area (TPSA) is 46.5 Å². The summed E-state index contributed by atoms with van der Waals surface area (Å²) in [7, 11) is 0. The van der Waals surface area contributed by atoms with E-state index in [0.717, 1.165) is 31.3 Å². The van der Waals surface area contributed by atoms with Crippen molar-refractivity contribution in [1.29, 1.82) is 0 Å². The van der Waals surface area contributed by atoms with Gasteiger partial charge in [-0.15, -0.1) is 0 Å². The summed E-state index contributed by atoms with van der Waals surface area (Å²) in [6, 6.07) is 0. The van der Waals surface area contributed by atoms with Gasteiger partial charge in [-0.05, 0) is 43.9 Å². The zero-order valence-corrected chi connectivity index (χ0v) is 11.1. The van der Waals surface area contributed by atoms with E-state index in [1.807, 2.05) is 0 Å². The zero-order chi connectivity index (χ0) is 13.1. The van der Waals surface area contributed by atoms with Crippen LogP contribution in [0.15, 0.2) is 23.3 Å². The molecule has 98 valence electrons. The van der Waals surface area contributed by atoms with Crippen LogP contribution in [0.2, 0.25) is 0 Å². The molecule has 2 saturated carbocycles. The van der Waals surface area contributed by atoms with Crippen LogP contribution < -0.4 is 0 Å². The average Bonchev–Trinajstić information content (AvgIpc) is 2.46. The minimum Gasteiger partial charge on any atom is -0.426 e. The van der Waals surface area contributed by atoms with Crippen LogP contribution in [0.5, 0.6) is 0 Å². The van der Waals surface area contributed by atoms with Crippen molar-refractivity contribution >= 4 is 5.97 Å². The minimum atomic E-state index is -1.34. The van der Waals surface area contributed by atoms with Crippen molar-refractivity contribution in [3.8, 4) is 0 Å². The molecule has 3 heteroatoms. The summed E-state index contributed by atoms with van der Waals surface area (Å²) < 4.78 is 5.23. The molecule has 0 unspecified atom stereocenters. The molecule has 0 spiro atoms. The van der Waals surface area contributed by atoms with Crippen LogP contribution in [-0.2, 0) is 9.53 Å². The maximum absolute atomic E-state index is 11.7. The van der Waals surface area contributed by atoms with Gasteiger partial charge in [0.25, 0.3) is 0 Å². The lowest BCUT2D eigenvalue weighted by atomic mass is 9.56. The molecule has 1 N–H and O–H groups in total. The first-order chi connectivity index (χ1) is 8.36. The molecule has 3 nitrogen and oxygen atoms in total. The zero-order valence-electron chi connectivity index (χ0n) is 11.1. The van der Waals surface area contributed by atoms with Gasteiger partial charge in [0.2, 0.25) is 5.79 Å². The highest BCUT2D eigenvalue weighted by atomic mass is 16.7. The monoisotopic (exact) mass is 248 g/mol. The van der Waals surface area contributed by atoms with Gasteiger partial charge in [-0.1, -0.05) is 19.1 Å². The number of fused-ring (bicyclic) bond motifs is 2. The predicted molar refractivity (Wildman–Crippen MR) is 67.6 cm³/mol. The Morgan fingerprint density at radius 1 is 1.50 bits per heavy atom. The smallest absolute Gasteiger partial charge is 0.336 e. The summed E-state index contributed by atoms with van der Waals surface area (Å²) in [5, 5.41) is 10.6. The summed E-state index contributed by atoms with van der Waals surface area (Å²) >= 11 is 0. The van der Waals surface area contributed by atoms with Crippen LogP contribution in [0.1, 0.15) is 46.0 Å². The van der Waals surface area contributed by atoms with Gasteiger partial charge in [0, 0.05) is 17.6 Å². The third-order valence-electron chi connectivity index (χ3n) is 5.12. The third kappa shape index (κ3) is 1.43. The number of carbonyl (C=O) groups excluding carboxylic acids is 1. The Hall–Kier alpha value is -1.09. The normalized spacial score (nSPS) is 43.6. The SMILES string of the molecule is C=C1CCC[C@@]2(C)C[C@]3(O)OC(=O)C(C)=C3C[C@@H]12. The van der Waals surface area contributed by atoms with Gasteiger partial charge in [-0.2, -0.15) is 0 Å². The number of rotatable bonds is 0. The summed E-state index contributed by atoms with van der Waals surface area (Å²) in [4.78, 5) is 11.7. The molecule has 3 atom stereocenters. The van der Waals surface area contributed by atoms with E-state index in [-0.39, 0.29) is 11.4 Å². The first kappa shape index (κ1) is 12.0. The van der Waals surface area contributed by atoms with Crippen molar-refractivity contribution < 1.29 is 14.6 Å². The molecule has 2 aliphatic carbocycles. The van der Waals surface area contributed by atoms with Crippen LogP contribution in [0.4, 0.5) is 0 Å². The first-order valence-corrected chi connectivity index (χ1v) is 6.69. The van der Waals surface area contributed by atoms with Crippen LogP contribution in [-0.4, -0.2) is 16.9 Å². The van der Waals surface area contributed by atoms with E-state index in [1.54, 1.807) is 6.92 Å². The summed E-state index contributed by atoms with van der Waals surface area (Å²) in [6.45, 7) is 8.14. The van der Waals surface area contributed by atoms with Crippen molar-refractivity contribution in [1.82, 2.24) is 0 Å². The molecule has 0 radical (unpaired) electrons. The Labute approximate surface area is 108 Å². The Morgan fingerprint density at radius 3 is 2.94 bits per heavy atom. The van der Waals surface area contributed by atoms with E-state index < -0.39 is 5.79 Å². The van der Waals surface area contributed by atoms with Gasteiger partial charge in [0.15, 0.2) is 0 Å². The van der Waals surface area contributed by atoms with E-state index in [9.17, 15) is 9.90 Å². The van der Waals surface area contributed by atoms with Gasteiger partial charge in [0.05, 0.1) is 0 Å². The number of allylic oxidation sites excluding steroid dienone is 1. The minimum absolute atomic E-state index is 0.0124. The van der Waals surface area contributed by atoms with Crippen molar-refractivity contribution in [2.24, 2.45) is 11.3 Å². The highest BCUT2D eigenvalue weighted by Crippen LogP contribution is 2.58. The standard InChI is InChI=1S/C15H20O3/c1-9-5-4-6-14(3)8-15(17)12(7-11(9)14)10(2)13(16)18-15/h11,17H,1,4-8H2,2-3H3/t11-,14-,15-/m0/s1. The number of hydrogen-bond donors (Lipinski definition) is 1. The highest BCUT2D eigenvalue weighted by Gasteiger charge is 2.56. The number of hydrogen-bond acceptors (Lipinski definition) is 3. The second-order valence-corrected chi connectivity index (χ2v) is 6.38. The van der Waals surface area contributed by atoms with Crippen molar-refractivity contribution in [3.63, 3.8) is 0 Å². The average molecular weight is 248 g/mol. The molecule has 0 bridgehead atoms. The van der Waals surface area contributed by atoms with E-state index in [4.69, 9.17) is 4.74 Å². The molecule has 18 heavy (non-hydrogen) atoms. The molecule has 0 aromatic carbocycles. The number of carbonyl (C=O) groups is 1. The van der Waals surface area contributed by atoms with Gasteiger partial charge >= 0.3 is 5.97 Å².